The second kappa shape index (κ2) is 6.59. The molecule has 1 N–H and O–H groups in total. The summed E-state index contributed by atoms with van der Waals surface area (Å²) >= 11 is 0. The molecule has 0 spiro atoms. The third-order valence-electron chi connectivity index (χ3n) is 2.42. The summed E-state index contributed by atoms with van der Waals surface area (Å²) < 4.78 is 4.86. The van der Waals surface area contributed by atoms with Gasteiger partial charge in [-0.3, -0.25) is 0 Å². The number of carbonyl (C=O) groups is 1. The van der Waals surface area contributed by atoms with Crippen molar-refractivity contribution in [3.63, 3.8) is 0 Å². The van der Waals surface area contributed by atoms with Crippen molar-refractivity contribution in [2.24, 2.45) is 0 Å². The van der Waals surface area contributed by atoms with Crippen LogP contribution in [0.4, 0.5) is 5.69 Å². The second-order valence-electron chi connectivity index (χ2n) is 3.69. The van der Waals surface area contributed by atoms with Crippen LogP contribution in [-0.2, 0) is 16.0 Å². The number of ether oxygens (including phenoxy) is 1. The van der Waals surface area contributed by atoms with E-state index in [-0.39, 0.29) is 12.6 Å². The third kappa shape index (κ3) is 3.84. The van der Waals surface area contributed by atoms with Gasteiger partial charge in [0.25, 0.3) is 0 Å². The highest BCUT2D eigenvalue weighted by molar-refractivity contribution is 5.79. The first-order chi connectivity index (χ1) is 8.19. The minimum Gasteiger partial charge on any atom is -0.451 e. The summed E-state index contributed by atoms with van der Waals surface area (Å²) in [6, 6.07) is 7.48. The van der Waals surface area contributed by atoms with Crippen LogP contribution < -0.4 is 5.32 Å². The lowest BCUT2D eigenvalue weighted by atomic mass is 10.1. The Morgan fingerprint density at radius 2 is 2.24 bits per heavy atom. The van der Waals surface area contributed by atoms with E-state index in [9.17, 15) is 4.79 Å². The number of para-hydroxylation sites is 1. The molecule has 0 unspecified atom stereocenters. The number of carbonyl (C=O) groups excluding carboxylic acids is 1. The predicted molar refractivity (Wildman–Crippen MR) is 68.7 cm³/mol. The zero-order valence-corrected chi connectivity index (χ0v) is 10.2. The van der Waals surface area contributed by atoms with Gasteiger partial charge in [0.15, 0.2) is 6.61 Å². The first kappa shape index (κ1) is 13.1. The summed E-state index contributed by atoms with van der Waals surface area (Å²) in [7, 11) is 0. The van der Waals surface area contributed by atoms with E-state index >= 15 is 0 Å². The van der Waals surface area contributed by atoms with E-state index in [1.54, 1.807) is 6.92 Å². The molecular weight excluding hydrogens is 214 g/mol. The quantitative estimate of drug-likeness (QED) is 0.624. The van der Waals surface area contributed by atoms with E-state index in [1.165, 1.54) is 5.56 Å². The summed E-state index contributed by atoms with van der Waals surface area (Å²) in [6.45, 7) is 3.84. The number of nitrogens with one attached hydrogen (secondary N) is 1. The molecule has 1 aromatic carbocycles. The minimum atomic E-state index is -0.406. The molecule has 1 rings (SSSR count). The summed E-state index contributed by atoms with van der Waals surface area (Å²) in [5.41, 5.74) is 2.13. The van der Waals surface area contributed by atoms with E-state index < -0.39 is 6.04 Å². The number of anilines is 1. The average Bonchev–Trinajstić information content (AvgIpc) is 2.36. The van der Waals surface area contributed by atoms with Gasteiger partial charge in [-0.25, -0.2) is 4.79 Å². The van der Waals surface area contributed by atoms with Gasteiger partial charge in [0.05, 0.1) is 0 Å². The molecule has 3 heteroatoms. The van der Waals surface area contributed by atoms with Crippen molar-refractivity contribution in [2.75, 3.05) is 11.9 Å². The molecule has 90 valence electrons. The first-order valence-corrected chi connectivity index (χ1v) is 5.63. The Balaban J connectivity index is 2.64. The molecular formula is C14H17NO2. The standard InChI is InChI=1S/C14H17NO2/c1-4-10-17-14(16)11(3)15-13-9-7-6-8-12(13)5-2/h1,6-9,11,15H,5,10H2,2-3H3/t11-/m0/s1. The average molecular weight is 231 g/mol. The molecule has 17 heavy (non-hydrogen) atoms. The van der Waals surface area contributed by atoms with Gasteiger partial charge in [0.1, 0.15) is 6.04 Å². The second-order valence-corrected chi connectivity index (χ2v) is 3.69. The van der Waals surface area contributed by atoms with Crippen LogP contribution in [0.5, 0.6) is 0 Å². The third-order valence-corrected chi connectivity index (χ3v) is 2.42. The lowest BCUT2D eigenvalue weighted by molar-refractivity contribution is -0.142. The SMILES string of the molecule is C#CCOC(=O)[C@H](C)Nc1ccccc1CC. The maximum atomic E-state index is 11.5. The topological polar surface area (TPSA) is 38.3 Å². The molecule has 0 aliphatic carbocycles. The lowest BCUT2D eigenvalue weighted by Crippen LogP contribution is -2.28. The van der Waals surface area contributed by atoms with Gasteiger partial charge < -0.3 is 10.1 Å². The van der Waals surface area contributed by atoms with Crippen LogP contribution in [0, 0.1) is 12.3 Å². The van der Waals surface area contributed by atoms with Crippen molar-refractivity contribution in [3.05, 3.63) is 29.8 Å². The monoisotopic (exact) mass is 231 g/mol. The van der Waals surface area contributed by atoms with Crippen LogP contribution in [0.15, 0.2) is 24.3 Å². The molecule has 1 aromatic rings. The summed E-state index contributed by atoms with van der Waals surface area (Å²) in [5, 5.41) is 3.13. The molecule has 0 fully saturated rings. The molecule has 0 radical (unpaired) electrons. The van der Waals surface area contributed by atoms with Gasteiger partial charge in [-0.2, -0.15) is 0 Å². The number of hydrogen-bond donors (Lipinski definition) is 1. The van der Waals surface area contributed by atoms with Crippen molar-refractivity contribution < 1.29 is 9.53 Å². The molecule has 0 aliphatic rings. The van der Waals surface area contributed by atoms with Crippen molar-refractivity contribution in [2.45, 2.75) is 26.3 Å². The van der Waals surface area contributed by atoms with Gasteiger partial charge in [-0.05, 0) is 25.0 Å². The summed E-state index contributed by atoms with van der Waals surface area (Å²) in [6.07, 6.45) is 5.94. The molecule has 0 aromatic heterocycles. The highest BCUT2D eigenvalue weighted by Crippen LogP contribution is 2.16. The number of terminal acetylenes is 1. The van der Waals surface area contributed by atoms with E-state index in [0.29, 0.717) is 0 Å². The smallest absolute Gasteiger partial charge is 0.329 e. The molecule has 3 nitrogen and oxygen atoms in total. The summed E-state index contributed by atoms with van der Waals surface area (Å²) in [4.78, 5) is 11.5. The van der Waals surface area contributed by atoms with Crippen LogP contribution in [0.25, 0.3) is 0 Å². The molecule has 0 saturated heterocycles. The largest absolute Gasteiger partial charge is 0.451 e. The van der Waals surface area contributed by atoms with Gasteiger partial charge >= 0.3 is 5.97 Å². The highest BCUT2D eigenvalue weighted by Gasteiger charge is 2.14. The Labute approximate surface area is 102 Å². The van der Waals surface area contributed by atoms with Gasteiger partial charge in [-0.15, -0.1) is 6.42 Å². The van der Waals surface area contributed by atoms with Gasteiger partial charge in [0.2, 0.25) is 0 Å². The Hall–Kier alpha value is -1.95. The van der Waals surface area contributed by atoms with Gasteiger partial charge in [0, 0.05) is 5.69 Å². The Bertz CT molecular complexity index is 420. The van der Waals surface area contributed by atoms with Crippen molar-refractivity contribution >= 4 is 11.7 Å². The number of hydrogen-bond acceptors (Lipinski definition) is 3. The molecule has 0 saturated carbocycles. The fourth-order valence-corrected chi connectivity index (χ4v) is 1.50. The zero-order chi connectivity index (χ0) is 12.7. The van der Waals surface area contributed by atoms with E-state index in [1.807, 2.05) is 24.3 Å². The Morgan fingerprint density at radius 1 is 1.53 bits per heavy atom. The van der Waals surface area contributed by atoms with Gasteiger partial charge in [-0.1, -0.05) is 31.0 Å². The maximum absolute atomic E-state index is 11.5. The summed E-state index contributed by atoms with van der Waals surface area (Å²) in [5.74, 6) is 1.93. The van der Waals surface area contributed by atoms with Crippen LogP contribution in [0.1, 0.15) is 19.4 Å². The minimum absolute atomic E-state index is 0.0142. The lowest BCUT2D eigenvalue weighted by Gasteiger charge is -2.16. The fourth-order valence-electron chi connectivity index (χ4n) is 1.50. The molecule has 0 bridgehead atoms. The fraction of sp³-hybridized carbons (Fsp3) is 0.357. The normalized spacial score (nSPS) is 11.4. The van der Waals surface area contributed by atoms with Crippen LogP contribution in [0.2, 0.25) is 0 Å². The Kier molecular flexibility index (Phi) is 5.09. The first-order valence-electron chi connectivity index (χ1n) is 5.63. The zero-order valence-electron chi connectivity index (χ0n) is 10.2. The predicted octanol–water partition coefficient (Wildman–Crippen LogP) is 2.23. The molecule has 0 aliphatic heterocycles. The maximum Gasteiger partial charge on any atom is 0.329 e. The van der Waals surface area contributed by atoms with E-state index in [4.69, 9.17) is 11.2 Å². The van der Waals surface area contributed by atoms with E-state index in [2.05, 4.69) is 18.2 Å². The van der Waals surface area contributed by atoms with E-state index in [0.717, 1.165) is 12.1 Å². The van der Waals surface area contributed by atoms with Crippen LogP contribution in [0.3, 0.4) is 0 Å². The van der Waals surface area contributed by atoms with Crippen molar-refractivity contribution in [3.8, 4) is 12.3 Å². The van der Waals surface area contributed by atoms with Crippen molar-refractivity contribution in [1.82, 2.24) is 0 Å². The molecule has 0 amide bonds. The highest BCUT2D eigenvalue weighted by atomic mass is 16.5. The molecule has 1 atom stereocenters. The number of benzene rings is 1. The number of esters is 1. The van der Waals surface area contributed by atoms with Crippen LogP contribution >= 0.6 is 0 Å². The Morgan fingerprint density at radius 3 is 2.88 bits per heavy atom. The number of rotatable bonds is 5. The molecule has 0 heterocycles. The van der Waals surface area contributed by atoms with Crippen molar-refractivity contribution in [1.29, 1.82) is 0 Å². The van der Waals surface area contributed by atoms with Crippen LogP contribution in [-0.4, -0.2) is 18.6 Å². The number of aryl methyl sites for hydroxylation is 1.